The number of amides is 1. The number of fused-ring (bicyclic) bond motifs is 1. The van der Waals surface area contributed by atoms with Crippen LogP contribution in [0.1, 0.15) is 12.0 Å². The van der Waals surface area contributed by atoms with E-state index in [0.29, 0.717) is 24.3 Å². The van der Waals surface area contributed by atoms with Gasteiger partial charge in [-0.3, -0.25) is 9.52 Å². The summed E-state index contributed by atoms with van der Waals surface area (Å²) in [5, 5.41) is 2.76. The van der Waals surface area contributed by atoms with Crippen molar-refractivity contribution in [2.45, 2.75) is 17.7 Å². The molecule has 0 aliphatic carbocycles. The van der Waals surface area contributed by atoms with Gasteiger partial charge in [0.2, 0.25) is 5.91 Å². The van der Waals surface area contributed by atoms with Gasteiger partial charge in [-0.05, 0) is 42.3 Å². The average molecular weight is 332 g/mol. The van der Waals surface area contributed by atoms with E-state index in [1.54, 1.807) is 30.3 Å². The van der Waals surface area contributed by atoms with Gasteiger partial charge in [-0.25, -0.2) is 8.42 Å². The van der Waals surface area contributed by atoms with Crippen LogP contribution in [0.2, 0.25) is 0 Å². The van der Waals surface area contributed by atoms with Gasteiger partial charge in [0, 0.05) is 23.9 Å². The maximum absolute atomic E-state index is 12.5. The number of benzene rings is 2. The van der Waals surface area contributed by atoms with Crippen LogP contribution in [0.3, 0.4) is 0 Å². The Morgan fingerprint density at radius 3 is 2.74 bits per heavy atom. The summed E-state index contributed by atoms with van der Waals surface area (Å²) in [6.07, 6.45) is 0.995. The van der Waals surface area contributed by atoms with Crippen LogP contribution in [-0.2, 0) is 21.2 Å². The number of hydrogen-bond donors (Lipinski definition) is 2. The smallest absolute Gasteiger partial charge is 0.262 e. The molecule has 2 aromatic rings. The highest BCUT2D eigenvalue weighted by Crippen LogP contribution is 2.27. The number of anilines is 2. The van der Waals surface area contributed by atoms with Crippen molar-refractivity contribution in [2.75, 3.05) is 17.1 Å². The lowest BCUT2D eigenvalue weighted by Gasteiger charge is -2.18. The van der Waals surface area contributed by atoms with Crippen LogP contribution in [0, 0.1) is 0 Å². The van der Waals surface area contributed by atoms with E-state index in [9.17, 15) is 13.2 Å². The van der Waals surface area contributed by atoms with Crippen molar-refractivity contribution in [2.24, 2.45) is 0 Å². The van der Waals surface area contributed by atoms with Crippen molar-refractivity contribution in [3.05, 3.63) is 48.0 Å². The molecule has 120 valence electrons. The maximum Gasteiger partial charge on any atom is 0.262 e. The highest BCUT2D eigenvalue weighted by atomic mass is 32.2. The number of ether oxygens (including phenoxy) is 1. The third kappa shape index (κ3) is 3.29. The third-order valence-corrected chi connectivity index (χ3v) is 4.98. The number of nitrogens with one attached hydrogen (secondary N) is 2. The molecule has 0 fully saturated rings. The van der Waals surface area contributed by atoms with Crippen molar-refractivity contribution in [1.29, 1.82) is 0 Å². The molecule has 0 unspecified atom stereocenters. The zero-order valence-corrected chi connectivity index (χ0v) is 13.3. The van der Waals surface area contributed by atoms with E-state index >= 15 is 0 Å². The van der Waals surface area contributed by atoms with Crippen molar-refractivity contribution in [3.8, 4) is 5.75 Å². The van der Waals surface area contributed by atoms with Crippen molar-refractivity contribution in [1.82, 2.24) is 0 Å². The molecule has 2 N–H and O–H groups in total. The first-order valence-electron chi connectivity index (χ1n) is 7.07. The average Bonchev–Trinajstić information content (AvgIpc) is 2.55. The topological polar surface area (TPSA) is 84.5 Å². The highest BCUT2D eigenvalue weighted by Gasteiger charge is 2.18. The van der Waals surface area contributed by atoms with Crippen LogP contribution in [0.4, 0.5) is 11.4 Å². The zero-order valence-electron chi connectivity index (χ0n) is 12.5. The number of sulfonamides is 1. The molecule has 0 saturated carbocycles. The van der Waals surface area contributed by atoms with E-state index in [0.717, 1.165) is 11.3 Å². The number of hydrogen-bond acceptors (Lipinski definition) is 4. The minimum absolute atomic E-state index is 0.0257. The molecule has 0 radical (unpaired) electrons. The molecular weight excluding hydrogens is 316 g/mol. The Bertz CT molecular complexity index is 862. The van der Waals surface area contributed by atoms with E-state index in [2.05, 4.69) is 10.0 Å². The summed E-state index contributed by atoms with van der Waals surface area (Å²) in [6, 6.07) is 11.3. The Morgan fingerprint density at radius 1 is 1.13 bits per heavy atom. The summed E-state index contributed by atoms with van der Waals surface area (Å²) in [7, 11) is -2.22. The second-order valence-electron chi connectivity index (χ2n) is 5.20. The molecule has 0 aromatic heterocycles. The summed E-state index contributed by atoms with van der Waals surface area (Å²) in [6.45, 7) is 0. The summed E-state index contributed by atoms with van der Waals surface area (Å²) in [4.78, 5) is 11.5. The maximum atomic E-state index is 12.5. The highest BCUT2D eigenvalue weighted by molar-refractivity contribution is 7.92. The molecular formula is C16H16N2O4S. The van der Waals surface area contributed by atoms with Crippen LogP contribution >= 0.6 is 0 Å². The van der Waals surface area contributed by atoms with Crippen LogP contribution in [0.5, 0.6) is 5.75 Å². The Hall–Kier alpha value is -2.54. The molecule has 1 aliphatic heterocycles. The van der Waals surface area contributed by atoms with Crippen LogP contribution in [0.15, 0.2) is 47.4 Å². The molecule has 0 saturated heterocycles. The predicted molar refractivity (Wildman–Crippen MR) is 87.2 cm³/mol. The monoisotopic (exact) mass is 332 g/mol. The summed E-state index contributed by atoms with van der Waals surface area (Å²) in [5.74, 6) is 0.447. The van der Waals surface area contributed by atoms with Gasteiger partial charge in [0.25, 0.3) is 10.0 Å². The number of rotatable bonds is 4. The lowest BCUT2D eigenvalue weighted by molar-refractivity contribution is -0.116. The SMILES string of the molecule is COc1cccc(S(=O)(=O)Nc2ccc3c(c2)CCC(=O)N3)c1. The minimum atomic E-state index is -3.70. The quantitative estimate of drug-likeness (QED) is 0.900. The second kappa shape index (κ2) is 5.92. The molecule has 2 aromatic carbocycles. The van der Waals surface area contributed by atoms with Gasteiger partial charge < -0.3 is 10.1 Å². The van der Waals surface area contributed by atoms with Gasteiger partial charge in [0.05, 0.1) is 12.0 Å². The van der Waals surface area contributed by atoms with E-state index in [1.165, 1.54) is 19.2 Å². The molecule has 1 amide bonds. The van der Waals surface area contributed by atoms with Gasteiger partial charge in [-0.15, -0.1) is 0 Å². The first-order valence-corrected chi connectivity index (χ1v) is 8.56. The first-order chi connectivity index (χ1) is 11.0. The number of carbonyl (C=O) groups excluding carboxylic acids is 1. The van der Waals surface area contributed by atoms with Crippen molar-refractivity contribution >= 4 is 27.3 Å². The standard InChI is InChI=1S/C16H16N2O4S/c1-22-13-3-2-4-14(10-13)23(20,21)18-12-6-7-15-11(9-12)5-8-16(19)17-15/h2-4,6-7,9-10,18H,5,8H2,1H3,(H,17,19). The molecule has 0 bridgehead atoms. The zero-order chi connectivity index (χ0) is 16.4. The Labute approximate surface area is 134 Å². The summed E-state index contributed by atoms with van der Waals surface area (Å²) in [5.41, 5.74) is 2.10. The molecule has 7 heteroatoms. The van der Waals surface area contributed by atoms with Gasteiger partial charge in [0.15, 0.2) is 0 Å². The Morgan fingerprint density at radius 2 is 1.96 bits per heavy atom. The number of aryl methyl sites for hydroxylation is 1. The molecule has 1 heterocycles. The minimum Gasteiger partial charge on any atom is -0.497 e. The van der Waals surface area contributed by atoms with E-state index in [4.69, 9.17) is 4.74 Å². The van der Waals surface area contributed by atoms with Gasteiger partial charge in [0.1, 0.15) is 5.75 Å². The van der Waals surface area contributed by atoms with Crippen LogP contribution < -0.4 is 14.8 Å². The summed E-state index contributed by atoms with van der Waals surface area (Å²) >= 11 is 0. The van der Waals surface area contributed by atoms with Crippen molar-refractivity contribution in [3.63, 3.8) is 0 Å². The van der Waals surface area contributed by atoms with Crippen LogP contribution in [0.25, 0.3) is 0 Å². The summed E-state index contributed by atoms with van der Waals surface area (Å²) < 4.78 is 32.5. The largest absolute Gasteiger partial charge is 0.497 e. The molecule has 23 heavy (non-hydrogen) atoms. The van der Waals surface area contributed by atoms with Gasteiger partial charge >= 0.3 is 0 Å². The molecule has 0 spiro atoms. The Kier molecular flexibility index (Phi) is 3.96. The van der Waals surface area contributed by atoms with Gasteiger partial charge in [-0.1, -0.05) is 6.07 Å². The molecule has 3 rings (SSSR count). The van der Waals surface area contributed by atoms with E-state index < -0.39 is 10.0 Å². The van der Waals surface area contributed by atoms with Crippen molar-refractivity contribution < 1.29 is 17.9 Å². The third-order valence-electron chi connectivity index (χ3n) is 3.60. The second-order valence-corrected chi connectivity index (χ2v) is 6.89. The van der Waals surface area contributed by atoms with Crippen LogP contribution in [-0.4, -0.2) is 21.4 Å². The van der Waals surface area contributed by atoms with E-state index in [1.807, 2.05) is 0 Å². The molecule has 0 atom stereocenters. The number of methoxy groups -OCH3 is 1. The molecule has 6 nitrogen and oxygen atoms in total. The van der Waals surface area contributed by atoms with E-state index in [-0.39, 0.29) is 10.8 Å². The number of carbonyl (C=O) groups is 1. The first kappa shape index (κ1) is 15.4. The lowest BCUT2D eigenvalue weighted by atomic mass is 10.0. The molecule has 1 aliphatic rings. The predicted octanol–water partition coefficient (Wildman–Crippen LogP) is 2.38. The normalized spacial score (nSPS) is 13.9. The fourth-order valence-corrected chi connectivity index (χ4v) is 3.51. The fraction of sp³-hybridized carbons (Fsp3) is 0.188. The van der Waals surface area contributed by atoms with Gasteiger partial charge in [-0.2, -0.15) is 0 Å². The Balaban J connectivity index is 1.87. The fourth-order valence-electron chi connectivity index (χ4n) is 2.43. The lowest BCUT2D eigenvalue weighted by Crippen LogP contribution is -2.19.